The number of hydrogen-bond acceptors (Lipinski definition) is 4. The fourth-order valence-corrected chi connectivity index (χ4v) is 5.10. The van der Waals surface area contributed by atoms with Crippen LogP contribution in [-0.2, 0) is 21.2 Å². The number of hydrogen-bond donors (Lipinski definition) is 2. The highest BCUT2D eigenvalue weighted by atomic mass is 32.2. The van der Waals surface area contributed by atoms with Crippen molar-refractivity contribution >= 4 is 37.7 Å². The van der Waals surface area contributed by atoms with Gasteiger partial charge in [-0.3, -0.25) is 10.2 Å². The van der Waals surface area contributed by atoms with Gasteiger partial charge in [0.2, 0.25) is 10.0 Å². The molecule has 0 spiro atoms. The van der Waals surface area contributed by atoms with E-state index >= 15 is 0 Å². The SMILES string of the molecule is O=C(Nn1cnc2ccccc21)[C@H](Cc1ccccc1)NS(=O)(=O)c1ccc2ccccc2c1. The average Bonchev–Trinajstić information content (AvgIpc) is 3.26. The first-order chi connectivity index (χ1) is 16.5. The monoisotopic (exact) mass is 470 g/mol. The van der Waals surface area contributed by atoms with Gasteiger partial charge < -0.3 is 0 Å². The molecule has 4 aromatic carbocycles. The molecule has 0 bridgehead atoms. The van der Waals surface area contributed by atoms with E-state index in [1.807, 2.05) is 78.9 Å². The summed E-state index contributed by atoms with van der Waals surface area (Å²) in [4.78, 5) is 17.7. The molecule has 0 unspecified atom stereocenters. The van der Waals surface area contributed by atoms with Gasteiger partial charge in [0.05, 0.1) is 15.9 Å². The molecule has 0 aliphatic carbocycles. The average molecular weight is 471 g/mol. The highest BCUT2D eigenvalue weighted by Crippen LogP contribution is 2.20. The molecule has 1 atom stereocenters. The second-order valence-electron chi connectivity index (χ2n) is 7.95. The van der Waals surface area contributed by atoms with Gasteiger partial charge in [-0.25, -0.2) is 18.1 Å². The number of carbonyl (C=O) groups excluding carboxylic acids is 1. The molecular formula is C26H22N4O3S. The van der Waals surface area contributed by atoms with E-state index in [-0.39, 0.29) is 11.3 Å². The van der Waals surface area contributed by atoms with Crippen molar-refractivity contribution in [1.29, 1.82) is 0 Å². The molecule has 0 aliphatic rings. The maximum absolute atomic E-state index is 13.3. The van der Waals surface area contributed by atoms with E-state index in [4.69, 9.17) is 0 Å². The van der Waals surface area contributed by atoms with Crippen molar-refractivity contribution in [3.8, 4) is 0 Å². The fourth-order valence-electron chi connectivity index (χ4n) is 3.87. The summed E-state index contributed by atoms with van der Waals surface area (Å²) < 4.78 is 30.7. The van der Waals surface area contributed by atoms with Gasteiger partial charge in [-0.15, -0.1) is 0 Å². The lowest BCUT2D eigenvalue weighted by molar-refractivity contribution is -0.118. The van der Waals surface area contributed by atoms with E-state index in [1.54, 1.807) is 18.2 Å². The Morgan fingerprint density at radius 3 is 2.38 bits per heavy atom. The standard InChI is InChI=1S/C26H22N4O3S/c31-26(28-30-18-27-23-12-6-7-13-25(23)30)24(16-19-8-2-1-3-9-19)29-34(32,33)22-15-14-20-10-4-5-11-21(20)17-22/h1-15,17-18,24,29H,16H2,(H,28,31)/t24-/m0/s1. The number of imidazole rings is 1. The van der Waals surface area contributed by atoms with Crippen molar-refractivity contribution in [2.24, 2.45) is 0 Å². The van der Waals surface area contributed by atoms with Crippen molar-refractivity contribution in [2.45, 2.75) is 17.4 Å². The Morgan fingerprint density at radius 2 is 1.56 bits per heavy atom. The summed E-state index contributed by atoms with van der Waals surface area (Å²) >= 11 is 0. The smallest absolute Gasteiger partial charge is 0.257 e. The first-order valence-electron chi connectivity index (χ1n) is 10.8. The molecule has 7 nitrogen and oxygen atoms in total. The number of aromatic nitrogens is 2. The maximum Gasteiger partial charge on any atom is 0.257 e. The molecule has 5 rings (SSSR count). The van der Waals surface area contributed by atoms with E-state index < -0.39 is 22.0 Å². The van der Waals surface area contributed by atoms with Crippen LogP contribution in [0, 0.1) is 0 Å². The van der Waals surface area contributed by atoms with Crippen LogP contribution in [-0.4, -0.2) is 30.0 Å². The fraction of sp³-hybridized carbons (Fsp3) is 0.0769. The van der Waals surface area contributed by atoms with Gasteiger partial charge in [-0.05, 0) is 47.0 Å². The Kier molecular flexibility index (Phi) is 5.83. The topological polar surface area (TPSA) is 93.1 Å². The van der Waals surface area contributed by atoms with Crippen LogP contribution in [0.1, 0.15) is 5.56 Å². The highest BCUT2D eigenvalue weighted by Gasteiger charge is 2.27. The molecule has 0 aliphatic heterocycles. The minimum Gasteiger partial charge on any atom is -0.271 e. The molecule has 0 saturated heterocycles. The van der Waals surface area contributed by atoms with E-state index in [2.05, 4.69) is 15.1 Å². The Morgan fingerprint density at radius 1 is 0.853 bits per heavy atom. The van der Waals surface area contributed by atoms with Gasteiger partial charge >= 0.3 is 0 Å². The molecule has 34 heavy (non-hydrogen) atoms. The van der Waals surface area contributed by atoms with Gasteiger partial charge in [0.1, 0.15) is 12.4 Å². The lowest BCUT2D eigenvalue weighted by atomic mass is 10.1. The molecule has 5 aromatic rings. The van der Waals surface area contributed by atoms with Crippen molar-refractivity contribution in [3.05, 3.63) is 109 Å². The van der Waals surface area contributed by atoms with Gasteiger partial charge in [-0.1, -0.05) is 72.8 Å². The second kappa shape index (κ2) is 9.09. The number of nitrogens with one attached hydrogen (secondary N) is 2. The van der Waals surface area contributed by atoms with E-state index in [1.165, 1.54) is 11.0 Å². The summed E-state index contributed by atoms with van der Waals surface area (Å²) in [6.45, 7) is 0. The zero-order valence-corrected chi connectivity index (χ0v) is 18.9. The van der Waals surface area contributed by atoms with Crippen LogP contribution < -0.4 is 10.1 Å². The Bertz CT molecular complexity index is 1580. The molecular weight excluding hydrogens is 448 g/mol. The summed E-state index contributed by atoms with van der Waals surface area (Å²) in [5.74, 6) is -0.489. The Hall–Kier alpha value is -4.01. The second-order valence-corrected chi connectivity index (χ2v) is 9.67. The summed E-state index contributed by atoms with van der Waals surface area (Å²) in [5.41, 5.74) is 5.05. The van der Waals surface area contributed by atoms with Crippen LogP contribution in [0.25, 0.3) is 21.8 Å². The zero-order valence-electron chi connectivity index (χ0n) is 18.1. The maximum atomic E-state index is 13.3. The Labute approximate surface area is 197 Å². The quantitative estimate of drug-likeness (QED) is 0.378. The van der Waals surface area contributed by atoms with Crippen molar-refractivity contribution in [1.82, 2.24) is 14.4 Å². The third-order valence-corrected chi connectivity index (χ3v) is 7.08. The number of para-hydroxylation sites is 2. The number of rotatable bonds is 7. The highest BCUT2D eigenvalue weighted by molar-refractivity contribution is 7.89. The summed E-state index contributed by atoms with van der Waals surface area (Å²) in [5, 5.41) is 1.74. The number of carbonyl (C=O) groups is 1. The normalized spacial score (nSPS) is 12.6. The Balaban J connectivity index is 1.45. The van der Waals surface area contributed by atoms with Crippen LogP contribution in [0.2, 0.25) is 0 Å². The molecule has 0 fully saturated rings. The number of fused-ring (bicyclic) bond motifs is 2. The minimum absolute atomic E-state index is 0.102. The van der Waals surface area contributed by atoms with E-state index in [9.17, 15) is 13.2 Å². The number of sulfonamides is 1. The van der Waals surface area contributed by atoms with Crippen LogP contribution >= 0.6 is 0 Å². The van der Waals surface area contributed by atoms with Crippen LogP contribution in [0.4, 0.5) is 0 Å². The first-order valence-corrected chi connectivity index (χ1v) is 12.3. The molecule has 0 radical (unpaired) electrons. The van der Waals surface area contributed by atoms with Gasteiger partial charge in [-0.2, -0.15) is 4.72 Å². The molecule has 1 heterocycles. The van der Waals surface area contributed by atoms with Crippen molar-refractivity contribution < 1.29 is 13.2 Å². The predicted octanol–water partition coefficient (Wildman–Crippen LogP) is 3.85. The molecule has 1 aromatic heterocycles. The van der Waals surface area contributed by atoms with E-state index in [0.29, 0.717) is 5.52 Å². The number of nitrogens with zero attached hydrogens (tertiary/aromatic N) is 2. The van der Waals surface area contributed by atoms with E-state index in [0.717, 1.165) is 21.9 Å². The lowest BCUT2D eigenvalue weighted by Gasteiger charge is -2.19. The zero-order chi connectivity index (χ0) is 23.5. The number of benzene rings is 4. The largest absolute Gasteiger partial charge is 0.271 e. The summed E-state index contributed by atoms with van der Waals surface area (Å²) in [7, 11) is -3.97. The molecule has 170 valence electrons. The van der Waals surface area contributed by atoms with Gasteiger partial charge in [0.15, 0.2) is 0 Å². The first kappa shape index (κ1) is 21.8. The lowest BCUT2D eigenvalue weighted by Crippen LogP contribution is -2.46. The molecule has 0 saturated carbocycles. The third-order valence-electron chi connectivity index (χ3n) is 5.61. The van der Waals surface area contributed by atoms with Gasteiger partial charge in [0.25, 0.3) is 5.91 Å². The van der Waals surface area contributed by atoms with Crippen molar-refractivity contribution in [2.75, 3.05) is 5.43 Å². The van der Waals surface area contributed by atoms with Crippen LogP contribution in [0.15, 0.2) is 108 Å². The molecule has 1 amide bonds. The van der Waals surface area contributed by atoms with Gasteiger partial charge in [0, 0.05) is 0 Å². The summed E-state index contributed by atoms with van der Waals surface area (Å²) in [6, 6.07) is 28.1. The van der Waals surface area contributed by atoms with Crippen LogP contribution in [0.5, 0.6) is 0 Å². The summed E-state index contributed by atoms with van der Waals surface area (Å²) in [6.07, 6.45) is 1.69. The molecule has 8 heteroatoms. The van der Waals surface area contributed by atoms with Crippen molar-refractivity contribution in [3.63, 3.8) is 0 Å². The number of amides is 1. The van der Waals surface area contributed by atoms with Crippen LogP contribution in [0.3, 0.4) is 0 Å². The minimum atomic E-state index is -3.97. The molecule has 2 N–H and O–H groups in total. The predicted molar refractivity (Wildman–Crippen MR) is 132 cm³/mol. The third kappa shape index (κ3) is 4.54.